The van der Waals surface area contributed by atoms with Crippen LogP contribution in [-0.4, -0.2) is 16.4 Å². The molecule has 0 atom stereocenters. The number of fused-ring (bicyclic) bond motifs is 1. The van der Waals surface area contributed by atoms with Gasteiger partial charge in [-0.25, -0.2) is 4.39 Å². The molecular formula is C17H13ClFN3O2. The molecule has 0 saturated heterocycles. The Kier molecular flexibility index (Phi) is 4.22. The van der Waals surface area contributed by atoms with Gasteiger partial charge >= 0.3 is 0 Å². The summed E-state index contributed by atoms with van der Waals surface area (Å²) in [4.78, 5) is 24.4. The minimum atomic E-state index is -0.631. The second-order valence-corrected chi connectivity index (χ2v) is 5.61. The lowest BCUT2D eigenvalue weighted by Gasteiger charge is -2.08. The van der Waals surface area contributed by atoms with Crippen molar-refractivity contribution in [1.29, 1.82) is 0 Å². The van der Waals surface area contributed by atoms with E-state index < -0.39 is 17.6 Å². The number of hydrazine groups is 1. The van der Waals surface area contributed by atoms with Crippen molar-refractivity contribution in [1.82, 2.24) is 15.4 Å². The predicted octanol–water partition coefficient (Wildman–Crippen LogP) is 3.05. The lowest BCUT2D eigenvalue weighted by Crippen LogP contribution is -2.41. The largest absolute Gasteiger partial charge is 0.350 e. The highest BCUT2D eigenvalue weighted by Crippen LogP contribution is 2.20. The van der Waals surface area contributed by atoms with Crippen LogP contribution in [0.25, 0.3) is 10.9 Å². The number of hydrogen-bond donors (Lipinski definition) is 2. The van der Waals surface area contributed by atoms with Crippen LogP contribution in [0, 0.1) is 5.82 Å². The number of halogens is 2. The summed E-state index contributed by atoms with van der Waals surface area (Å²) in [7, 11) is 1.83. The Morgan fingerprint density at radius 3 is 2.42 bits per heavy atom. The molecule has 1 heterocycles. The van der Waals surface area contributed by atoms with E-state index in [1.54, 1.807) is 6.20 Å². The average molecular weight is 346 g/mol. The molecule has 2 aromatic carbocycles. The Balaban J connectivity index is 1.76. The summed E-state index contributed by atoms with van der Waals surface area (Å²) in [5.74, 6) is -1.64. The Morgan fingerprint density at radius 2 is 1.71 bits per heavy atom. The maximum atomic E-state index is 13.0. The predicted molar refractivity (Wildman–Crippen MR) is 89.3 cm³/mol. The molecule has 0 aliphatic carbocycles. The van der Waals surface area contributed by atoms with Gasteiger partial charge in [0.2, 0.25) is 0 Å². The van der Waals surface area contributed by atoms with Gasteiger partial charge in [0, 0.05) is 24.1 Å². The number of aromatic nitrogens is 1. The number of hydrogen-bond acceptors (Lipinski definition) is 2. The zero-order valence-electron chi connectivity index (χ0n) is 12.6. The summed E-state index contributed by atoms with van der Waals surface area (Å²) in [6, 6.07) is 10.8. The van der Waals surface area contributed by atoms with Crippen molar-refractivity contribution >= 4 is 34.3 Å². The van der Waals surface area contributed by atoms with Gasteiger partial charge in [0.15, 0.2) is 0 Å². The maximum absolute atomic E-state index is 13.0. The van der Waals surface area contributed by atoms with Crippen LogP contribution in [0.2, 0.25) is 5.02 Å². The molecule has 3 aromatic rings. The number of nitrogens with zero attached hydrogens (tertiary/aromatic N) is 1. The zero-order valence-corrected chi connectivity index (χ0v) is 13.4. The molecule has 5 nitrogen and oxygen atoms in total. The first-order valence-corrected chi connectivity index (χ1v) is 7.45. The molecule has 0 fully saturated rings. The van der Waals surface area contributed by atoms with Crippen LogP contribution in [0.3, 0.4) is 0 Å². The van der Waals surface area contributed by atoms with E-state index in [4.69, 9.17) is 11.6 Å². The van der Waals surface area contributed by atoms with E-state index in [1.165, 1.54) is 6.07 Å². The van der Waals surface area contributed by atoms with Crippen LogP contribution in [0.1, 0.15) is 20.7 Å². The van der Waals surface area contributed by atoms with Crippen molar-refractivity contribution in [3.63, 3.8) is 0 Å². The number of carbonyl (C=O) groups excluding carboxylic acids is 2. The van der Waals surface area contributed by atoms with E-state index in [9.17, 15) is 14.0 Å². The molecule has 0 spiro atoms. The molecule has 2 amide bonds. The van der Waals surface area contributed by atoms with E-state index >= 15 is 0 Å². The first-order chi connectivity index (χ1) is 11.5. The van der Waals surface area contributed by atoms with Crippen LogP contribution in [0.15, 0.2) is 48.7 Å². The summed E-state index contributed by atoms with van der Waals surface area (Å²) in [6.45, 7) is 0. The molecule has 3 rings (SSSR count). The van der Waals surface area contributed by atoms with Gasteiger partial charge in [-0.3, -0.25) is 20.4 Å². The van der Waals surface area contributed by atoms with Gasteiger partial charge in [-0.1, -0.05) is 29.8 Å². The third-order valence-electron chi connectivity index (χ3n) is 3.61. The molecule has 0 radical (unpaired) electrons. The van der Waals surface area contributed by atoms with Gasteiger partial charge in [-0.15, -0.1) is 0 Å². The second-order valence-electron chi connectivity index (χ2n) is 5.20. The van der Waals surface area contributed by atoms with Crippen LogP contribution < -0.4 is 10.9 Å². The fourth-order valence-corrected chi connectivity index (χ4v) is 2.70. The lowest BCUT2D eigenvalue weighted by molar-refractivity contribution is 0.0847. The Bertz CT molecular complexity index is 952. The van der Waals surface area contributed by atoms with Gasteiger partial charge in [0.1, 0.15) is 5.82 Å². The Labute approximate surface area is 142 Å². The molecule has 2 N–H and O–H groups in total. The van der Waals surface area contributed by atoms with E-state index in [1.807, 2.05) is 35.9 Å². The Morgan fingerprint density at radius 1 is 1.04 bits per heavy atom. The molecule has 0 aliphatic rings. The quantitative estimate of drug-likeness (QED) is 0.701. The molecule has 0 aliphatic heterocycles. The molecule has 0 unspecified atom stereocenters. The van der Waals surface area contributed by atoms with Crippen molar-refractivity contribution in [2.24, 2.45) is 7.05 Å². The van der Waals surface area contributed by atoms with Crippen LogP contribution >= 0.6 is 11.6 Å². The molecule has 7 heteroatoms. The van der Waals surface area contributed by atoms with Crippen molar-refractivity contribution in [3.8, 4) is 0 Å². The van der Waals surface area contributed by atoms with Crippen molar-refractivity contribution in [2.75, 3.05) is 0 Å². The topological polar surface area (TPSA) is 63.1 Å². The standard InChI is InChI=1S/C17H13ClFN3O2/c1-22-9-13(11-4-2-3-5-15(11)22)17(24)21-20-16(23)12-7-6-10(19)8-14(12)18/h2-9H,1H3,(H,20,23)(H,21,24). The summed E-state index contributed by atoms with van der Waals surface area (Å²) in [5.41, 5.74) is 6.01. The number of aryl methyl sites for hydroxylation is 1. The fraction of sp³-hybridized carbons (Fsp3) is 0.0588. The minimum absolute atomic E-state index is 0.0353. The van der Waals surface area contributed by atoms with Gasteiger partial charge in [-0.2, -0.15) is 0 Å². The number of carbonyl (C=O) groups is 2. The van der Waals surface area contributed by atoms with Crippen LogP contribution in [-0.2, 0) is 7.05 Å². The normalized spacial score (nSPS) is 10.6. The fourth-order valence-electron chi connectivity index (χ4n) is 2.44. The molecule has 0 saturated carbocycles. The average Bonchev–Trinajstić information content (AvgIpc) is 2.90. The Hall–Kier alpha value is -2.86. The first-order valence-electron chi connectivity index (χ1n) is 7.07. The number of rotatable bonds is 2. The highest BCUT2D eigenvalue weighted by atomic mass is 35.5. The number of benzene rings is 2. The number of nitrogens with one attached hydrogen (secondary N) is 2. The highest BCUT2D eigenvalue weighted by Gasteiger charge is 2.16. The number of amides is 2. The van der Waals surface area contributed by atoms with E-state index in [0.717, 1.165) is 23.0 Å². The second kappa shape index (κ2) is 6.33. The first kappa shape index (κ1) is 16.0. The van der Waals surface area contributed by atoms with Crippen molar-refractivity contribution in [2.45, 2.75) is 0 Å². The number of para-hydroxylation sites is 1. The van der Waals surface area contributed by atoms with Gasteiger partial charge in [-0.05, 0) is 24.3 Å². The zero-order chi connectivity index (χ0) is 17.3. The van der Waals surface area contributed by atoms with E-state index in [2.05, 4.69) is 10.9 Å². The minimum Gasteiger partial charge on any atom is -0.350 e. The van der Waals surface area contributed by atoms with Crippen LogP contribution in [0.5, 0.6) is 0 Å². The monoisotopic (exact) mass is 345 g/mol. The molecule has 1 aromatic heterocycles. The van der Waals surface area contributed by atoms with Crippen LogP contribution in [0.4, 0.5) is 4.39 Å². The summed E-state index contributed by atoms with van der Waals surface area (Å²) in [5, 5.41) is 0.735. The van der Waals surface area contributed by atoms with Crippen molar-refractivity contribution < 1.29 is 14.0 Å². The molecule has 0 bridgehead atoms. The maximum Gasteiger partial charge on any atom is 0.271 e. The van der Waals surface area contributed by atoms with Crippen molar-refractivity contribution in [3.05, 3.63) is 70.6 Å². The lowest BCUT2D eigenvalue weighted by atomic mass is 10.2. The molecular weight excluding hydrogens is 333 g/mol. The third-order valence-corrected chi connectivity index (χ3v) is 3.92. The molecule has 24 heavy (non-hydrogen) atoms. The third kappa shape index (κ3) is 2.96. The van der Waals surface area contributed by atoms with E-state index in [0.29, 0.717) is 5.56 Å². The smallest absolute Gasteiger partial charge is 0.271 e. The highest BCUT2D eigenvalue weighted by molar-refractivity contribution is 6.33. The van der Waals surface area contributed by atoms with E-state index in [-0.39, 0.29) is 10.6 Å². The molecule has 122 valence electrons. The summed E-state index contributed by atoms with van der Waals surface area (Å²) < 4.78 is 14.8. The SMILES string of the molecule is Cn1cc(C(=O)NNC(=O)c2ccc(F)cc2Cl)c2ccccc21. The summed E-state index contributed by atoms with van der Waals surface area (Å²) >= 11 is 5.82. The van der Waals surface area contributed by atoms with Gasteiger partial charge < -0.3 is 4.57 Å². The van der Waals surface area contributed by atoms with Gasteiger partial charge in [0.05, 0.1) is 16.1 Å². The summed E-state index contributed by atoms with van der Waals surface area (Å²) in [6.07, 6.45) is 1.68. The van der Waals surface area contributed by atoms with Gasteiger partial charge in [0.25, 0.3) is 11.8 Å².